The topological polar surface area (TPSA) is 70.8 Å². The smallest absolute Gasteiger partial charge is 0.308 e. The zero-order valence-corrected chi connectivity index (χ0v) is 10.9. The quantitative estimate of drug-likeness (QED) is 0.619. The first kappa shape index (κ1) is 14.2. The van der Waals surface area contributed by atoms with Crippen molar-refractivity contribution < 1.29 is 19.0 Å². The van der Waals surface area contributed by atoms with E-state index in [4.69, 9.17) is 15.2 Å². The first-order valence-corrected chi connectivity index (χ1v) is 5.72. The molecule has 0 saturated heterocycles. The molecular weight excluding hydrogens is 234 g/mol. The number of anilines is 1. The Morgan fingerprint density at radius 2 is 1.94 bits per heavy atom. The van der Waals surface area contributed by atoms with Gasteiger partial charge >= 0.3 is 5.97 Å². The second-order valence-electron chi connectivity index (χ2n) is 4.00. The molecule has 0 aromatic heterocycles. The van der Waals surface area contributed by atoms with Crippen molar-refractivity contribution in [3.8, 4) is 11.5 Å². The van der Waals surface area contributed by atoms with Crippen LogP contribution in [0.2, 0.25) is 0 Å². The molecule has 0 saturated carbocycles. The van der Waals surface area contributed by atoms with Gasteiger partial charge in [-0.1, -0.05) is 6.92 Å². The number of hydrogen-bond acceptors (Lipinski definition) is 5. The predicted octanol–water partition coefficient (Wildman–Crippen LogP) is 1.86. The maximum absolute atomic E-state index is 11.2. The highest BCUT2D eigenvalue weighted by molar-refractivity contribution is 5.71. The fraction of sp³-hybridized carbons (Fsp3) is 0.462. The van der Waals surface area contributed by atoms with Crippen molar-refractivity contribution in [2.75, 3.05) is 26.6 Å². The van der Waals surface area contributed by atoms with Crippen molar-refractivity contribution in [3.05, 3.63) is 18.2 Å². The van der Waals surface area contributed by atoms with Gasteiger partial charge < -0.3 is 19.9 Å². The van der Waals surface area contributed by atoms with Crippen LogP contribution in [0.4, 0.5) is 5.69 Å². The molecule has 0 aliphatic carbocycles. The molecule has 100 valence electrons. The van der Waals surface area contributed by atoms with Crippen LogP contribution in [0.5, 0.6) is 11.5 Å². The Hall–Kier alpha value is -1.91. The summed E-state index contributed by atoms with van der Waals surface area (Å²) in [6.07, 6.45) is 0.587. The van der Waals surface area contributed by atoms with Crippen molar-refractivity contribution in [3.63, 3.8) is 0 Å². The Bertz CT molecular complexity index is 406. The van der Waals surface area contributed by atoms with Gasteiger partial charge in [0.1, 0.15) is 11.5 Å². The Morgan fingerprint density at radius 1 is 1.28 bits per heavy atom. The zero-order valence-electron chi connectivity index (χ0n) is 10.9. The Labute approximate surface area is 107 Å². The average molecular weight is 253 g/mol. The fourth-order valence-electron chi connectivity index (χ4n) is 1.47. The SMILES string of the molecule is COC(=O)C(C)CCOc1cc(N)cc(OC)c1. The summed E-state index contributed by atoms with van der Waals surface area (Å²) in [4.78, 5) is 11.2. The van der Waals surface area contributed by atoms with Crippen LogP contribution < -0.4 is 15.2 Å². The lowest BCUT2D eigenvalue weighted by molar-refractivity contribution is -0.145. The van der Waals surface area contributed by atoms with Crippen molar-refractivity contribution in [2.24, 2.45) is 5.92 Å². The van der Waals surface area contributed by atoms with Crippen LogP contribution in [-0.2, 0) is 9.53 Å². The number of carbonyl (C=O) groups is 1. The van der Waals surface area contributed by atoms with Crippen LogP contribution in [-0.4, -0.2) is 26.8 Å². The van der Waals surface area contributed by atoms with Gasteiger partial charge in [0.25, 0.3) is 0 Å². The molecule has 1 unspecified atom stereocenters. The average Bonchev–Trinajstić information content (AvgIpc) is 2.36. The van der Waals surface area contributed by atoms with E-state index in [1.807, 2.05) is 0 Å². The summed E-state index contributed by atoms with van der Waals surface area (Å²) in [6, 6.07) is 5.18. The van der Waals surface area contributed by atoms with Crippen LogP contribution in [0.25, 0.3) is 0 Å². The Morgan fingerprint density at radius 3 is 2.56 bits per heavy atom. The number of nitrogen functional groups attached to an aromatic ring is 1. The molecule has 0 heterocycles. The number of nitrogens with two attached hydrogens (primary N) is 1. The van der Waals surface area contributed by atoms with Crippen LogP contribution in [0.15, 0.2) is 18.2 Å². The summed E-state index contributed by atoms with van der Waals surface area (Å²) in [5, 5.41) is 0. The summed E-state index contributed by atoms with van der Waals surface area (Å²) < 4.78 is 15.2. The second kappa shape index (κ2) is 6.74. The third kappa shape index (κ3) is 4.16. The van der Waals surface area contributed by atoms with Gasteiger partial charge in [-0.25, -0.2) is 0 Å². The molecule has 18 heavy (non-hydrogen) atoms. The van der Waals surface area contributed by atoms with Crippen LogP contribution >= 0.6 is 0 Å². The molecule has 0 radical (unpaired) electrons. The van der Waals surface area contributed by atoms with E-state index < -0.39 is 0 Å². The number of hydrogen-bond donors (Lipinski definition) is 1. The predicted molar refractivity (Wildman–Crippen MR) is 68.7 cm³/mol. The number of rotatable bonds is 6. The molecule has 0 aliphatic heterocycles. The van der Waals surface area contributed by atoms with E-state index in [1.165, 1.54) is 7.11 Å². The normalized spacial score (nSPS) is 11.7. The molecule has 0 aliphatic rings. The molecule has 0 amide bonds. The molecule has 1 aromatic rings. The summed E-state index contributed by atoms with van der Waals surface area (Å²) in [5.41, 5.74) is 6.28. The van der Waals surface area contributed by atoms with Gasteiger partial charge in [0.2, 0.25) is 0 Å². The maximum Gasteiger partial charge on any atom is 0.308 e. The summed E-state index contributed by atoms with van der Waals surface area (Å²) >= 11 is 0. The lowest BCUT2D eigenvalue weighted by atomic mass is 10.1. The number of methoxy groups -OCH3 is 2. The molecular formula is C13H19NO4. The van der Waals surface area contributed by atoms with Crippen molar-refractivity contribution in [2.45, 2.75) is 13.3 Å². The molecule has 1 atom stereocenters. The minimum Gasteiger partial charge on any atom is -0.497 e. The lowest BCUT2D eigenvalue weighted by Crippen LogP contribution is -2.15. The molecule has 1 rings (SSSR count). The molecule has 5 heteroatoms. The van der Waals surface area contributed by atoms with E-state index in [1.54, 1.807) is 32.2 Å². The van der Waals surface area contributed by atoms with Gasteiger partial charge in [0, 0.05) is 23.9 Å². The van der Waals surface area contributed by atoms with E-state index >= 15 is 0 Å². The van der Waals surface area contributed by atoms with E-state index in [2.05, 4.69) is 4.74 Å². The number of benzene rings is 1. The fourth-order valence-corrected chi connectivity index (χ4v) is 1.47. The largest absolute Gasteiger partial charge is 0.497 e. The molecule has 0 spiro atoms. The van der Waals surface area contributed by atoms with Gasteiger partial charge in [0.05, 0.1) is 26.7 Å². The van der Waals surface area contributed by atoms with E-state index in [0.717, 1.165) is 0 Å². The van der Waals surface area contributed by atoms with Crippen LogP contribution in [0, 0.1) is 5.92 Å². The second-order valence-corrected chi connectivity index (χ2v) is 4.00. The van der Waals surface area contributed by atoms with Crippen molar-refractivity contribution >= 4 is 11.7 Å². The van der Waals surface area contributed by atoms with Crippen molar-refractivity contribution in [1.82, 2.24) is 0 Å². The van der Waals surface area contributed by atoms with Gasteiger partial charge in [0.15, 0.2) is 0 Å². The summed E-state index contributed by atoms with van der Waals surface area (Å²) in [6.45, 7) is 2.22. The van der Waals surface area contributed by atoms with Crippen LogP contribution in [0.1, 0.15) is 13.3 Å². The highest BCUT2D eigenvalue weighted by atomic mass is 16.5. The van der Waals surface area contributed by atoms with Crippen molar-refractivity contribution in [1.29, 1.82) is 0 Å². The van der Waals surface area contributed by atoms with Gasteiger partial charge in [-0.2, -0.15) is 0 Å². The number of ether oxygens (including phenoxy) is 3. The minimum atomic E-state index is -0.233. The Kier molecular flexibility index (Phi) is 5.30. The highest BCUT2D eigenvalue weighted by Gasteiger charge is 2.12. The monoisotopic (exact) mass is 253 g/mol. The third-order valence-corrected chi connectivity index (χ3v) is 2.56. The minimum absolute atomic E-state index is 0.182. The molecule has 0 bridgehead atoms. The zero-order chi connectivity index (χ0) is 13.5. The molecule has 2 N–H and O–H groups in total. The third-order valence-electron chi connectivity index (χ3n) is 2.56. The van der Waals surface area contributed by atoms with E-state index in [9.17, 15) is 4.79 Å². The van der Waals surface area contributed by atoms with E-state index in [0.29, 0.717) is 30.2 Å². The first-order chi connectivity index (χ1) is 8.56. The lowest BCUT2D eigenvalue weighted by Gasteiger charge is -2.11. The standard InChI is InChI=1S/C13H19NO4/c1-9(13(15)17-3)4-5-18-12-7-10(14)6-11(8-12)16-2/h6-9H,4-5,14H2,1-3H3. The summed E-state index contributed by atoms with van der Waals surface area (Å²) in [7, 11) is 2.94. The molecule has 0 fully saturated rings. The van der Waals surface area contributed by atoms with E-state index in [-0.39, 0.29) is 11.9 Å². The first-order valence-electron chi connectivity index (χ1n) is 5.72. The number of carbonyl (C=O) groups excluding carboxylic acids is 1. The molecule has 1 aromatic carbocycles. The summed E-state index contributed by atoms with van der Waals surface area (Å²) in [5.74, 6) is 0.858. The van der Waals surface area contributed by atoms with Gasteiger partial charge in [-0.05, 0) is 6.42 Å². The highest BCUT2D eigenvalue weighted by Crippen LogP contribution is 2.24. The van der Waals surface area contributed by atoms with Gasteiger partial charge in [-0.15, -0.1) is 0 Å². The maximum atomic E-state index is 11.2. The van der Waals surface area contributed by atoms with Crippen LogP contribution in [0.3, 0.4) is 0 Å². The van der Waals surface area contributed by atoms with Gasteiger partial charge in [-0.3, -0.25) is 4.79 Å². The Balaban J connectivity index is 2.48. The number of esters is 1. The molecule has 5 nitrogen and oxygen atoms in total.